The second kappa shape index (κ2) is 6.16. The van der Waals surface area contributed by atoms with Crippen LogP contribution >= 0.6 is 0 Å². The number of rotatable bonds is 6. The number of hydrogen-bond donors (Lipinski definition) is 1. The fraction of sp³-hybridized carbons (Fsp3) is 0.588. The van der Waals surface area contributed by atoms with Crippen molar-refractivity contribution in [1.82, 2.24) is 15.0 Å². The summed E-state index contributed by atoms with van der Waals surface area (Å²) in [4.78, 5) is 13.3. The molecule has 2 heterocycles. The first-order chi connectivity index (χ1) is 10.6. The van der Waals surface area contributed by atoms with Gasteiger partial charge in [0.15, 0.2) is 5.65 Å². The van der Waals surface area contributed by atoms with E-state index in [1.54, 1.807) is 6.33 Å². The maximum absolute atomic E-state index is 5.67. The molecule has 0 atom stereocenters. The van der Waals surface area contributed by atoms with Gasteiger partial charge in [0.2, 0.25) is 0 Å². The second-order valence-electron chi connectivity index (χ2n) is 6.35. The summed E-state index contributed by atoms with van der Waals surface area (Å²) in [6, 6.07) is 2.08. The van der Waals surface area contributed by atoms with Crippen LogP contribution in [0, 0.1) is 19.3 Å². The zero-order valence-electron chi connectivity index (χ0n) is 13.6. The van der Waals surface area contributed by atoms with Crippen LogP contribution in [0.1, 0.15) is 37.4 Å². The monoisotopic (exact) mass is 300 g/mol. The Morgan fingerprint density at radius 2 is 2.09 bits per heavy atom. The third kappa shape index (κ3) is 2.90. The molecule has 2 aromatic rings. The number of anilines is 1. The number of aryl methyl sites for hydroxylation is 2. The van der Waals surface area contributed by atoms with Gasteiger partial charge in [0, 0.05) is 24.3 Å². The molecule has 5 nitrogen and oxygen atoms in total. The van der Waals surface area contributed by atoms with Gasteiger partial charge in [-0.15, -0.1) is 0 Å². The fourth-order valence-electron chi connectivity index (χ4n) is 3.18. The van der Waals surface area contributed by atoms with Crippen LogP contribution in [0.5, 0.6) is 0 Å². The zero-order valence-corrected chi connectivity index (χ0v) is 13.6. The first-order valence-corrected chi connectivity index (χ1v) is 8.04. The molecule has 0 amide bonds. The highest BCUT2D eigenvalue weighted by Crippen LogP contribution is 2.41. The zero-order chi connectivity index (χ0) is 15.6. The molecule has 1 saturated carbocycles. The van der Waals surface area contributed by atoms with Gasteiger partial charge in [-0.3, -0.25) is 0 Å². The van der Waals surface area contributed by atoms with Gasteiger partial charge in [0.05, 0.1) is 12.0 Å². The van der Waals surface area contributed by atoms with E-state index in [4.69, 9.17) is 4.74 Å². The third-order valence-electron chi connectivity index (χ3n) is 4.59. The van der Waals surface area contributed by atoms with Crippen molar-refractivity contribution in [3.63, 3.8) is 0 Å². The number of nitrogens with zero attached hydrogens (tertiary/aromatic N) is 3. The van der Waals surface area contributed by atoms with Crippen LogP contribution in [-0.4, -0.2) is 34.7 Å². The van der Waals surface area contributed by atoms with Crippen LogP contribution < -0.4 is 5.32 Å². The molecule has 0 saturated heterocycles. The minimum Gasteiger partial charge on any atom is -0.381 e. The molecule has 5 heteroatoms. The summed E-state index contributed by atoms with van der Waals surface area (Å²) >= 11 is 0. The summed E-state index contributed by atoms with van der Waals surface area (Å²) in [5.41, 5.74) is 3.18. The van der Waals surface area contributed by atoms with E-state index in [0.29, 0.717) is 0 Å². The van der Waals surface area contributed by atoms with Crippen molar-refractivity contribution in [1.29, 1.82) is 0 Å². The Kier molecular flexibility index (Phi) is 4.25. The number of hydrogen-bond acceptors (Lipinski definition) is 5. The van der Waals surface area contributed by atoms with E-state index in [1.807, 2.05) is 6.92 Å². The average molecular weight is 300 g/mol. The van der Waals surface area contributed by atoms with Crippen molar-refractivity contribution < 1.29 is 4.74 Å². The SMILES string of the molecule is CCOCC1(CNc2ncnc3nc(C)cc(C)c23)CCC1. The van der Waals surface area contributed by atoms with Crippen LogP contribution in [-0.2, 0) is 4.74 Å². The van der Waals surface area contributed by atoms with Gasteiger partial charge >= 0.3 is 0 Å². The fourth-order valence-corrected chi connectivity index (χ4v) is 3.18. The Hall–Kier alpha value is -1.75. The third-order valence-corrected chi connectivity index (χ3v) is 4.59. The highest BCUT2D eigenvalue weighted by molar-refractivity contribution is 5.89. The summed E-state index contributed by atoms with van der Waals surface area (Å²) < 4.78 is 5.67. The number of nitrogens with one attached hydrogen (secondary N) is 1. The molecule has 0 spiro atoms. The molecular formula is C17H24N4O. The molecule has 1 N–H and O–H groups in total. The Morgan fingerprint density at radius 3 is 2.77 bits per heavy atom. The molecule has 1 aliphatic carbocycles. The molecule has 0 unspecified atom stereocenters. The van der Waals surface area contributed by atoms with Crippen molar-refractivity contribution in [2.75, 3.05) is 25.1 Å². The Balaban J connectivity index is 1.82. The largest absolute Gasteiger partial charge is 0.381 e. The molecule has 118 valence electrons. The van der Waals surface area contributed by atoms with Gasteiger partial charge in [-0.1, -0.05) is 6.42 Å². The summed E-state index contributed by atoms with van der Waals surface area (Å²) in [5, 5.41) is 4.56. The van der Waals surface area contributed by atoms with E-state index in [0.717, 1.165) is 47.9 Å². The highest BCUT2D eigenvalue weighted by atomic mass is 16.5. The molecule has 22 heavy (non-hydrogen) atoms. The maximum Gasteiger partial charge on any atom is 0.165 e. The molecule has 1 aliphatic rings. The number of pyridine rings is 1. The first-order valence-electron chi connectivity index (χ1n) is 8.04. The van der Waals surface area contributed by atoms with Gasteiger partial charge in [-0.05, 0) is 45.2 Å². The average Bonchev–Trinajstić information content (AvgIpc) is 2.45. The van der Waals surface area contributed by atoms with Gasteiger partial charge in [0.1, 0.15) is 12.1 Å². The van der Waals surface area contributed by atoms with Crippen LogP contribution in [0.2, 0.25) is 0 Å². The molecule has 0 radical (unpaired) electrons. The van der Waals surface area contributed by atoms with E-state index in [9.17, 15) is 0 Å². The second-order valence-corrected chi connectivity index (χ2v) is 6.35. The van der Waals surface area contributed by atoms with Crippen LogP contribution in [0.15, 0.2) is 12.4 Å². The quantitative estimate of drug-likeness (QED) is 0.887. The van der Waals surface area contributed by atoms with E-state index >= 15 is 0 Å². The molecule has 0 aliphatic heterocycles. The summed E-state index contributed by atoms with van der Waals surface area (Å²) in [5.74, 6) is 0.887. The standard InChI is InChI=1S/C17H24N4O/c1-4-22-10-17(6-5-7-17)9-18-15-14-12(2)8-13(3)21-16(14)20-11-19-15/h8,11H,4-7,9-10H2,1-3H3,(H,18,19,20,21). The lowest BCUT2D eigenvalue weighted by atomic mass is 9.69. The molecule has 0 aromatic carbocycles. The van der Waals surface area contributed by atoms with E-state index in [-0.39, 0.29) is 5.41 Å². The molecule has 1 fully saturated rings. The van der Waals surface area contributed by atoms with Crippen LogP contribution in [0.3, 0.4) is 0 Å². The van der Waals surface area contributed by atoms with Crippen molar-refractivity contribution >= 4 is 16.9 Å². The topological polar surface area (TPSA) is 59.9 Å². The summed E-state index contributed by atoms with van der Waals surface area (Å²) in [6.45, 7) is 8.63. The first kappa shape index (κ1) is 15.2. The Morgan fingerprint density at radius 1 is 1.27 bits per heavy atom. The van der Waals surface area contributed by atoms with Gasteiger partial charge in [0.25, 0.3) is 0 Å². The lowest BCUT2D eigenvalue weighted by molar-refractivity contribution is 0.00800. The van der Waals surface area contributed by atoms with Crippen molar-refractivity contribution in [3.8, 4) is 0 Å². The van der Waals surface area contributed by atoms with Crippen LogP contribution in [0.25, 0.3) is 11.0 Å². The van der Waals surface area contributed by atoms with E-state index < -0.39 is 0 Å². The lowest BCUT2D eigenvalue weighted by Crippen LogP contribution is -2.41. The van der Waals surface area contributed by atoms with E-state index in [1.165, 1.54) is 19.3 Å². The van der Waals surface area contributed by atoms with Crippen molar-refractivity contribution in [2.45, 2.75) is 40.0 Å². The van der Waals surface area contributed by atoms with Gasteiger partial charge < -0.3 is 10.1 Å². The molecule has 3 rings (SSSR count). The smallest absolute Gasteiger partial charge is 0.165 e. The van der Waals surface area contributed by atoms with Crippen molar-refractivity contribution in [3.05, 3.63) is 23.7 Å². The molecule has 2 aromatic heterocycles. The minimum atomic E-state index is 0.263. The molecule has 0 bridgehead atoms. The predicted molar refractivity (Wildman–Crippen MR) is 88.1 cm³/mol. The van der Waals surface area contributed by atoms with Crippen molar-refractivity contribution in [2.24, 2.45) is 5.41 Å². The van der Waals surface area contributed by atoms with Gasteiger partial charge in [-0.25, -0.2) is 15.0 Å². The number of fused-ring (bicyclic) bond motifs is 1. The van der Waals surface area contributed by atoms with Gasteiger partial charge in [-0.2, -0.15) is 0 Å². The highest BCUT2D eigenvalue weighted by Gasteiger charge is 2.37. The molecular weight excluding hydrogens is 276 g/mol. The number of aromatic nitrogens is 3. The van der Waals surface area contributed by atoms with E-state index in [2.05, 4.69) is 40.2 Å². The van der Waals surface area contributed by atoms with Crippen LogP contribution in [0.4, 0.5) is 5.82 Å². The summed E-state index contributed by atoms with van der Waals surface area (Å²) in [7, 11) is 0. The lowest BCUT2D eigenvalue weighted by Gasteiger charge is -2.41. The number of ether oxygens (including phenoxy) is 1. The normalized spacial score (nSPS) is 16.5. The predicted octanol–water partition coefficient (Wildman–Crippen LogP) is 3.26. The minimum absolute atomic E-state index is 0.263. The maximum atomic E-state index is 5.67. The Labute approximate surface area is 131 Å². The summed E-state index contributed by atoms with van der Waals surface area (Å²) in [6.07, 6.45) is 5.32. The Bertz CT molecular complexity index is 667.